The van der Waals surface area contributed by atoms with Crippen LogP contribution in [-0.2, 0) is 9.59 Å². The second-order valence-corrected chi connectivity index (χ2v) is 5.46. The number of nitrogens with one attached hydrogen (secondary N) is 1. The second-order valence-electron chi connectivity index (χ2n) is 4.83. The van der Waals surface area contributed by atoms with E-state index in [1.807, 2.05) is 0 Å². The van der Waals surface area contributed by atoms with Crippen molar-refractivity contribution in [3.63, 3.8) is 0 Å². The van der Waals surface area contributed by atoms with E-state index in [1.165, 1.54) is 6.07 Å². The first-order valence-corrected chi connectivity index (χ1v) is 6.79. The van der Waals surface area contributed by atoms with Crippen LogP contribution in [0.3, 0.4) is 0 Å². The largest absolute Gasteiger partial charge is 0.295 e. The lowest BCUT2D eigenvalue weighted by Crippen LogP contribution is -2.54. The summed E-state index contributed by atoms with van der Waals surface area (Å²) in [6.07, 6.45) is 0.0734. The van der Waals surface area contributed by atoms with Crippen molar-refractivity contribution in [3.8, 4) is 0 Å². The Bertz CT molecular complexity index is 677. The van der Waals surface area contributed by atoms with Crippen molar-refractivity contribution in [3.05, 3.63) is 29.1 Å². The zero-order chi connectivity index (χ0) is 15.3. The molecule has 4 amide bonds. The van der Waals surface area contributed by atoms with Gasteiger partial charge in [-0.3, -0.25) is 29.4 Å². The van der Waals surface area contributed by atoms with E-state index in [-0.39, 0.29) is 24.0 Å². The van der Waals surface area contributed by atoms with Crippen molar-refractivity contribution in [1.29, 1.82) is 0 Å². The van der Waals surface area contributed by atoms with E-state index in [9.17, 15) is 23.6 Å². The molecular weight excluding hydrogens is 298 g/mol. The van der Waals surface area contributed by atoms with Crippen LogP contribution in [0.5, 0.6) is 0 Å². The highest BCUT2D eigenvalue weighted by molar-refractivity contribution is 7.27. The van der Waals surface area contributed by atoms with Gasteiger partial charge < -0.3 is 0 Å². The number of piperidine rings is 1. The number of benzene rings is 1. The van der Waals surface area contributed by atoms with Gasteiger partial charge in [0.15, 0.2) is 0 Å². The van der Waals surface area contributed by atoms with Crippen LogP contribution >= 0.6 is 9.24 Å². The molecule has 1 N–H and O–H groups in total. The van der Waals surface area contributed by atoms with Crippen LogP contribution in [0, 0.1) is 5.82 Å². The normalized spacial score (nSPS) is 21.6. The minimum atomic E-state index is -1.08. The molecule has 108 valence electrons. The third-order valence-electron chi connectivity index (χ3n) is 3.57. The Morgan fingerprint density at radius 3 is 2.43 bits per heavy atom. The summed E-state index contributed by atoms with van der Waals surface area (Å²) in [5.41, 5.74) is -0.369. The van der Waals surface area contributed by atoms with Crippen molar-refractivity contribution in [2.75, 3.05) is 0 Å². The van der Waals surface area contributed by atoms with Crippen molar-refractivity contribution < 1.29 is 23.6 Å². The molecule has 0 radical (unpaired) electrons. The molecule has 1 aromatic rings. The summed E-state index contributed by atoms with van der Waals surface area (Å²) >= 11 is 0. The van der Waals surface area contributed by atoms with Crippen LogP contribution in [-0.4, -0.2) is 34.6 Å². The molecule has 6 nitrogen and oxygen atoms in total. The molecule has 1 fully saturated rings. The van der Waals surface area contributed by atoms with Gasteiger partial charge in [-0.25, -0.2) is 4.39 Å². The SMILES string of the molecule is O=C1CCC(N2C(=O)c3c(F)ccc(P)c3C2=O)C(=O)N1. The molecule has 3 rings (SSSR count). The maximum Gasteiger partial charge on any atom is 0.265 e. The minimum Gasteiger partial charge on any atom is -0.295 e. The van der Waals surface area contributed by atoms with Crippen LogP contribution < -0.4 is 10.6 Å². The number of carbonyl (C=O) groups excluding carboxylic acids is 4. The molecule has 8 heteroatoms. The Balaban J connectivity index is 2.05. The predicted molar refractivity (Wildman–Crippen MR) is 72.4 cm³/mol. The molecule has 0 aromatic heterocycles. The first-order chi connectivity index (χ1) is 9.91. The Kier molecular flexibility index (Phi) is 3.10. The third kappa shape index (κ3) is 1.96. The lowest BCUT2D eigenvalue weighted by molar-refractivity contribution is -0.136. The zero-order valence-corrected chi connectivity index (χ0v) is 11.8. The average molecular weight is 308 g/mol. The monoisotopic (exact) mass is 308 g/mol. The molecule has 2 atom stereocenters. The molecule has 1 aromatic carbocycles. The fraction of sp³-hybridized carbons (Fsp3) is 0.231. The number of hydrogen-bond acceptors (Lipinski definition) is 4. The molecule has 21 heavy (non-hydrogen) atoms. The molecular formula is C13H10FN2O4P. The van der Waals surface area contributed by atoms with Gasteiger partial charge in [0.1, 0.15) is 11.9 Å². The lowest BCUT2D eigenvalue weighted by atomic mass is 10.0. The zero-order valence-electron chi connectivity index (χ0n) is 10.7. The quantitative estimate of drug-likeness (QED) is 0.572. The summed E-state index contributed by atoms with van der Waals surface area (Å²) in [5, 5.41) is 2.47. The number of halogens is 1. The first kappa shape index (κ1) is 13.8. The highest BCUT2D eigenvalue weighted by Gasteiger charge is 2.46. The molecule has 2 aliphatic rings. The molecule has 1 saturated heterocycles. The highest BCUT2D eigenvalue weighted by atomic mass is 31.0. The van der Waals surface area contributed by atoms with E-state index in [1.54, 1.807) is 0 Å². The topological polar surface area (TPSA) is 83.6 Å². The minimum absolute atomic E-state index is 0.0278. The molecule has 0 saturated carbocycles. The van der Waals surface area contributed by atoms with Gasteiger partial charge in [0.2, 0.25) is 11.8 Å². The summed E-state index contributed by atoms with van der Waals surface area (Å²) in [6.45, 7) is 0. The van der Waals surface area contributed by atoms with E-state index in [2.05, 4.69) is 14.6 Å². The van der Waals surface area contributed by atoms with Gasteiger partial charge in [0.05, 0.1) is 11.1 Å². The summed E-state index contributed by atoms with van der Waals surface area (Å²) < 4.78 is 13.8. The van der Waals surface area contributed by atoms with Crippen molar-refractivity contribution in [2.45, 2.75) is 18.9 Å². The van der Waals surface area contributed by atoms with Gasteiger partial charge in [-0.1, -0.05) is 6.07 Å². The number of rotatable bonds is 1. The average Bonchev–Trinajstić information content (AvgIpc) is 2.68. The van der Waals surface area contributed by atoms with Crippen LogP contribution in [0.15, 0.2) is 12.1 Å². The Labute approximate surface area is 120 Å². The van der Waals surface area contributed by atoms with Gasteiger partial charge in [-0.2, -0.15) is 0 Å². The number of nitrogens with zero attached hydrogens (tertiary/aromatic N) is 1. The fourth-order valence-electron chi connectivity index (χ4n) is 2.58. The van der Waals surface area contributed by atoms with Crippen molar-refractivity contribution in [2.24, 2.45) is 0 Å². The number of fused-ring (bicyclic) bond motifs is 1. The standard InChI is InChI=1S/C13H10FN2O4P/c14-5-1-3-7(21)10-9(5)12(19)16(13(10)20)6-2-4-8(17)15-11(6)18/h1,3,6H,2,4,21H2,(H,15,17,18). The van der Waals surface area contributed by atoms with Crippen LogP contribution in [0.2, 0.25) is 0 Å². The van der Waals surface area contributed by atoms with E-state index in [4.69, 9.17) is 0 Å². The molecule has 0 aliphatic carbocycles. The molecule has 2 aliphatic heterocycles. The third-order valence-corrected chi connectivity index (χ3v) is 4.05. The van der Waals surface area contributed by atoms with Gasteiger partial charge in [0.25, 0.3) is 11.8 Å². The molecule has 0 bridgehead atoms. The van der Waals surface area contributed by atoms with Crippen LogP contribution in [0.1, 0.15) is 33.6 Å². The lowest BCUT2D eigenvalue weighted by Gasteiger charge is -2.27. The fourth-order valence-corrected chi connectivity index (χ4v) is 2.94. The van der Waals surface area contributed by atoms with E-state index < -0.39 is 35.5 Å². The number of carbonyl (C=O) groups is 4. The van der Waals surface area contributed by atoms with E-state index in [0.29, 0.717) is 5.30 Å². The summed E-state index contributed by atoms with van der Waals surface area (Å²) in [4.78, 5) is 48.4. The second kappa shape index (κ2) is 4.70. The Hall–Kier alpha value is -2.14. The summed E-state index contributed by atoms with van der Waals surface area (Å²) in [7, 11) is 2.27. The van der Waals surface area contributed by atoms with Gasteiger partial charge >= 0.3 is 0 Å². The maximum atomic E-state index is 13.8. The van der Waals surface area contributed by atoms with Gasteiger partial charge in [-0.05, 0) is 17.8 Å². The van der Waals surface area contributed by atoms with Crippen LogP contribution in [0.25, 0.3) is 0 Å². The molecule has 2 unspecified atom stereocenters. The predicted octanol–water partition coefficient (Wildman–Crippen LogP) is -0.273. The smallest absolute Gasteiger partial charge is 0.265 e. The number of hydrogen-bond donors (Lipinski definition) is 1. The summed E-state index contributed by atoms with van der Waals surface area (Å²) in [6, 6.07) is 1.39. The molecule has 0 spiro atoms. The van der Waals surface area contributed by atoms with Gasteiger partial charge in [0, 0.05) is 6.42 Å². The van der Waals surface area contributed by atoms with Crippen molar-refractivity contribution >= 4 is 38.2 Å². The Morgan fingerprint density at radius 1 is 1.14 bits per heavy atom. The number of amides is 4. The van der Waals surface area contributed by atoms with Gasteiger partial charge in [-0.15, -0.1) is 9.24 Å². The van der Waals surface area contributed by atoms with Crippen molar-refractivity contribution in [1.82, 2.24) is 10.2 Å². The molecule has 2 heterocycles. The first-order valence-electron chi connectivity index (χ1n) is 6.21. The Morgan fingerprint density at radius 2 is 1.81 bits per heavy atom. The maximum absolute atomic E-state index is 13.8. The van der Waals surface area contributed by atoms with E-state index in [0.717, 1.165) is 11.0 Å². The number of imide groups is 2. The van der Waals surface area contributed by atoms with E-state index >= 15 is 0 Å². The highest BCUT2D eigenvalue weighted by Crippen LogP contribution is 2.29. The van der Waals surface area contributed by atoms with Crippen LogP contribution in [0.4, 0.5) is 4.39 Å². The summed E-state index contributed by atoms with van der Waals surface area (Å²) in [5.74, 6) is -3.53.